The lowest BCUT2D eigenvalue weighted by atomic mass is 9.95. The lowest BCUT2D eigenvalue weighted by Crippen LogP contribution is -2.47. The van der Waals surface area contributed by atoms with Gasteiger partial charge in [0, 0.05) is 26.2 Å². The normalized spacial score (nSPS) is 22.2. The highest BCUT2D eigenvalue weighted by Crippen LogP contribution is 2.33. The molecule has 160 valence electrons. The number of hydrogen-bond donors (Lipinski definition) is 2. The van der Waals surface area contributed by atoms with E-state index in [9.17, 15) is 9.90 Å². The summed E-state index contributed by atoms with van der Waals surface area (Å²) in [5, 5.41) is 14.3. The molecule has 0 aromatic heterocycles. The van der Waals surface area contributed by atoms with Crippen molar-refractivity contribution in [1.82, 2.24) is 10.2 Å². The van der Waals surface area contributed by atoms with Crippen LogP contribution in [0.3, 0.4) is 0 Å². The van der Waals surface area contributed by atoms with E-state index in [1.807, 2.05) is 18.2 Å². The average Bonchev–Trinajstić information content (AvgIpc) is 3.26. The summed E-state index contributed by atoms with van der Waals surface area (Å²) in [6, 6.07) is 5.17. The van der Waals surface area contributed by atoms with E-state index in [0.29, 0.717) is 43.6 Å². The summed E-state index contributed by atoms with van der Waals surface area (Å²) in [5.74, 6) is 1.73. The molecule has 7 nitrogen and oxygen atoms in total. The highest BCUT2D eigenvalue weighted by atomic mass is 16.6. The third-order valence-corrected chi connectivity index (χ3v) is 6.10. The van der Waals surface area contributed by atoms with E-state index in [1.165, 1.54) is 12.8 Å². The quantitative estimate of drug-likeness (QED) is 0.723. The van der Waals surface area contributed by atoms with Crippen LogP contribution in [-0.4, -0.2) is 68.0 Å². The first-order chi connectivity index (χ1) is 14.2. The molecule has 2 N–H and O–H groups in total. The number of benzene rings is 1. The maximum absolute atomic E-state index is 12.7. The van der Waals surface area contributed by atoms with Gasteiger partial charge < -0.3 is 29.5 Å². The molecule has 0 aliphatic carbocycles. The molecule has 0 saturated carbocycles. The van der Waals surface area contributed by atoms with Crippen molar-refractivity contribution in [2.75, 3.05) is 46.1 Å². The number of aliphatic hydroxyl groups excluding tert-OH is 1. The minimum atomic E-state index is -0.801. The predicted octanol–water partition coefficient (Wildman–Crippen LogP) is 1.89. The zero-order valence-corrected chi connectivity index (χ0v) is 17.0. The van der Waals surface area contributed by atoms with Crippen LogP contribution in [0.5, 0.6) is 11.5 Å². The second-order valence-electron chi connectivity index (χ2n) is 8.29. The molecule has 1 aromatic rings. The molecule has 1 amide bonds. The van der Waals surface area contributed by atoms with E-state index in [4.69, 9.17) is 14.2 Å². The Kier molecular flexibility index (Phi) is 6.90. The van der Waals surface area contributed by atoms with Gasteiger partial charge in [-0.1, -0.05) is 6.07 Å². The van der Waals surface area contributed by atoms with Crippen molar-refractivity contribution in [3.05, 3.63) is 23.8 Å². The Morgan fingerprint density at radius 1 is 1.10 bits per heavy atom. The zero-order valence-electron chi connectivity index (χ0n) is 17.0. The fraction of sp³-hybridized carbons (Fsp3) is 0.682. The van der Waals surface area contributed by atoms with E-state index >= 15 is 0 Å². The summed E-state index contributed by atoms with van der Waals surface area (Å²) in [5.41, 5.74) is 0.741. The summed E-state index contributed by atoms with van der Waals surface area (Å²) in [4.78, 5) is 15.1. The first kappa shape index (κ1) is 20.4. The Balaban J connectivity index is 1.44. The van der Waals surface area contributed by atoms with Crippen molar-refractivity contribution in [2.24, 2.45) is 5.92 Å². The monoisotopic (exact) mass is 404 g/mol. The fourth-order valence-corrected chi connectivity index (χ4v) is 4.42. The van der Waals surface area contributed by atoms with Crippen LogP contribution in [0.2, 0.25) is 0 Å². The summed E-state index contributed by atoms with van der Waals surface area (Å²) in [6.45, 7) is 5.18. The van der Waals surface area contributed by atoms with Gasteiger partial charge in [-0.2, -0.15) is 0 Å². The van der Waals surface area contributed by atoms with Gasteiger partial charge in [0.25, 0.3) is 0 Å². The maximum Gasteiger partial charge on any atom is 0.220 e. The third-order valence-electron chi connectivity index (χ3n) is 6.10. The van der Waals surface area contributed by atoms with Gasteiger partial charge in [0.1, 0.15) is 19.3 Å². The molecule has 29 heavy (non-hydrogen) atoms. The van der Waals surface area contributed by atoms with E-state index in [0.717, 1.165) is 44.7 Å². The van der Waals surface area contributed by atoms with Gasteiger partial charge in [-0.15, -0.1) is 0 Å². The molecule has 7 heteroatoms. The Morgan fingerprint density at radius 2 is 1.83 bits per heavy atom. The SMILES string of the molecule is O=C(CC1CCOCC1)N[C@H](CN1CCCC1)[C@H](O)c1ccc2c(c1)OCCO2. The number of rotatable bonds is 7. The summed E-state index contributed by atoms with van der Waals surface area (Å²) in [6.07, 6.45) is 3.88. The summed E-state index contributed by atoms with van der Waals surface area (Å²) < 4.78 is 16.6. The van der Waals surface area contributed by atoms with Crippen LogP contribution in [0.15, 0.2) is 18.2 Å². The number of nitrogens with one attached hydrogen (secondary N) is 1. The highest BCUT2D eigenvalue weighted by Gasteiger charge is 2.28. The number of ether oxygens (including phenoxy) is 3. The highest BCUT2D eigenvalue weighted by molar-refractivity contribution is 5.76. The lowest BCUT2D eigenvalue weighted by Gasteiger charge is -2.30. The van der Waals surface area contributed by atoms with Crippen molar-refractivity contribution in [3.63, 3.8) is 0 Å². The number of aliphatic hydroxyl groups is 1. The van der Waals surface area contributed by atoms with Gasteiger partial charge in [-0.05, 0) is 62.4 Å². The summed E-state index contributed by atoms with van der Waals surface area (Å²) >= 11 is 0. The van der Waals surface area contributed by atoms with Crippen LogP contribution >= 0.6 is 0 Å². The van der Waals surface area contributed by atoms with Crippen LogP contribution in [-0.2, 0) is 9.53 Å². The number of carbonyl (C=O) groups excluding carboxylic acids is 1. The molecule has 1 aromatic carbocycles. The summed E-state index contributed by atoms with van der Waals surface area (Å²) in [7, 11) is 0. The standard InChI is InChI=1S/C22H32N2O5/c25-21(13-16-5-9-27-10-6-16)23-18(15-24-7-1-2-8-24)22(26)17-3-4-19-20(14-17)29-12-11-28-19/h3-4,14,16,18,22,26H,1-2,5-13,15H2,(H,23,25)/t18-,22-/m1/s1. The molecule has 0 unspecified atom stereocenters. The van der Waals surface area contributed by atoms with Gasteiger partial charge in [0.2, 0.25) is 5.91 Å². The first-order valence-electron chi connectivity index (χ1n) is 10.9. The predicted molar refractivity (Wildman–Crippen MR) is 108 cm³/mol. The number of fused-ring (bicyclic) bond motifs is 1. The Bertz CT molecular complexity index is 686. The number of likely N-dealkylation sites (tertiary alicyclic amines) is 1. The topological polar surface area (TPSA) is 80.3 Å². The molecule has 0 bridgehead atoms. The Morgan fingerprint density at radius 3 is 2.59 bits per heavy atom. The Labute approximate surface area is 172 Å². The van der Waals surface area contributed by atoms with Crippen molar-refractivity contribution < 1.29 is 24.1 Å². The van der Waals surface area contributed by atoms with Crippen molar-refractivity contribution in [3.8, 4) is 11.5 Å². The minimum absolute atomic E-state index is 0.0118. The van der Waals surface area contributed by atoms with Crippen molar-refractivity contribution in [1.29, 1.82) is 0 Å². The molecule has 4 rings (SSSR count). The molecule has 3 heterocycles. The minimum Gasteiger partial charge on any atom is -0.486 e. The maximum atomic E-state index is 12.7. The number of carbonyl (C=O) groups is 1. The van der Waals surface area contributed by atoms with E-state index in [2.05, 4.69) is 10.2 Å². The number of amides is 1. The molecule has 0 spiro atoms. The van der Waals surface area contributed by atoms with E-state index in [-0.39, 0.29) is 11.9 Å². The molecule has 3 aliphatic rings. The van der Waals surface area contributed by atoms with Crippen molar-refractivity contribution in [2.45, 2.75) is 44.2 Å². The van der Waals surface area contributed by atoms with Gasteiger partial charge in [-0.3, -0.25) is 4.79 Å². The largest absolute Gasteiger partial charge is 0.486 e. The molecule has 2 saturated heterocycles. The van der Waals surface area contributed by atoms with Gasteiger partial charge in [0.15, 0.2) is 11.5 Å². The molecular formula is C22H32N2O5. The van der Waals surface area contributed by atoms with Crippen LogP contribution in [0.25, 0.3) is 0 Å². The zero-order chi connectivity index (χ0) is 20.1. The van der Waals surface area contributed by atoms with Crippen LogP contribution in [0.1, 0.15) is 43.8 Å². The van der Waals surface area contributed by atoms with E-state index in [1.54, 1.807) is 0 Å². The second kappa shape index (κ2) is 9.78. The fourth-order valence-electron chi connectivity index (χ4n) is 4.42. The molecule has 2 fully saturated rings. The molecule has 0 radical (unpaired) electrons. The lowest BCUT2D eigenvalue weighted by molar-refractivity contribution is -0.124. The van der Waals surface area contributed by atoms with Crippen LogP contribution in [0.4, 0.5) is 0 Å². The van der Waals surface area contributed by atoms with Gasteiger partial charge >= 0.3 is 0 Å². The van der Waals surface area contributed by atoms with Crippen LogP contribution in [0, 0.1) is 5.92 Å². The number of nitrogens with zero attached hydrogens (tertiary/aromatic N) is 1. The third kappa shape index (κ3) is 5.41. The molecule has 2 atom stereocenters. The smallest absolute Gasteiger partial charge is 0.220 e. The number of hydrogen-bond acceptors (Lipinski definition) is 6. The van der Waals surface area contributed by atoms with Gasteiger partial charge in [0.05, 0.1) is 6.04 Å². The van der Waals surface area contributed by atoms with Crippen LogP contribution < -0.4 is 14.8 Å². The Hall–Kier alpha value is -1.83. The molecular weight excluding hydrogens is 372 g/mol. The first-order valence-corrected chi connectivity index (χ1v) is 10.9. The van der Waals surface area contributed by atoms with Gasteiger partial charge in [-0.25, -0.2) is 0 Å². The second-order valence-corrected chi connectivity index (χ2v) is 8.29. The van der Waals surface area contributed by atoms with Crippen molar-refractivity contribution >= 4 is 5.91 Å². The average molecular weight is 405 g/mol. The molecule has 3 aliphatic heterocycles. The van der Waals surface area contributed by atoms with E-state index < -0.39 is 6.10 Å².